The molecule has 1 N–H and O–H groups in total. The first-order valence-electron chi connectivity index (χ1n) is 6.69. The Bertz CT molecular complexity index is 388. The summed E-state index contributed by atoms with van der Waals surface area (Å²) in [4.78, 5) is 0. The highest BCUT2D eigenvalue weighted by Gasteiger charge is 2.40. The van der Waals surface area contributed by atoms with Gasteiger partial charge in [-0.3, -0.25) is 0 Å². The Kier molecular flexibility index (Phi) is 4.02. The van der Waals surface area contributed by atoms with Gasteiger partial charge < -0.3 is 10.1 Å². The lowest BCUT2D eigenvalue weighted by Crippen LogP contribution is -2.56. The highest BCUT2D eigenvalue weighted by Crippen LogP contribution is 2.26. The molecule has 0 aromatic rings. The van der Waals surface area contributed by atoms with Gasteiger partial charge in [-0.25, -0.2) is 8.42 Å². The van der Waals surface area contributed by atoms with Crippen LogP contribution in [0.2, 0.25) is 0 Å². The van der Waals surface area contributed by atoms with Gasteiger partial charge in [-0.05, 0) is 46.7 Å². The number of rotatable bonds is 2. The van der Waals surface area contributed by atoms with Gasteiger partial charge in [0.25, 0.3) is 0 Å². The van der Waals surface area contributed by atoms with Gasteiger partial charge in [-0.1, -0.05) is 0 Å². The fraction of sp³-hybridized carbons (Fsp3) is 1.00. The fourth-order valence-corrected chi connectivity index (χ4v) is 5.05. The Labute approximate surface area is 110 Å². The Morgan fingerprint density at radius 3 is 2.44 bits per heavy atom. The van der Waals surface area contributed by atoms with Gasteiger partial charge in [0.15, 0.2) is 0 Å². The molecule has 2 saturated heterocycles. The second-order valence-corrected chi connectivity index (χ2v) is 8.19. The van der Waals surface area contributed by atoms with Crippen molar-refractivity contribution >= 4 is 10.0 Å². The topological polar surface area (TPSA) is 58.6 Å². The molecular formula is C12H24N2O3S. The molecule has 0 aliphatic carbocycles. The number of hydrogen-bond donors (Lipinski definition) is 1. The van der Waals surface area contributed by atoms with Crippen molar-refractivity contribution in [2.75, 3.05) is 26.2 Å². The lowest BCUT2D eigenvalue weighted by molar-refractivity contribution is -0.109. The molecular weight excluding hydrogens is 252 g/mol. The first kappa shape index (κ1) is 14.2. The molecule has 1 unspecified atom stereocenters. The Morgan fingerprint density at radius 2 is 1.89 bits per heavy atom. The van der Waals surface area contributed by atoms with E-state index in [9.17, 15) is 8.42 Å². The zero-order valence-electron chi connectivity index (χ0n) is 11.5. The van der Waals surface area contributed by atoms with Crippen molar-refractivity contribution in [3.63, 3.8) is 0 Å². The van der Waals surface area contributed by atoms with Gasteiger partial charge in [-0.15, -0.1) is 0 Å². The summed E-state index contributed by atoms with van der Waals surface area (Å²) in [7, 11) is -3.18. The van der Waals surface area contributed by atoms with Crippen molar-refractivity contribution in [3.8, 4) is 0 Å². The van der Waals surface area contributed by atoms with Crippen LogP contribution in [0, 0.1) is 0 Å². The summed E-state index contributed by atoms with van der Waals surface area (Å²) in [6, 6.07) is 0. The maximum absolute atomic E-state index is 12.6. The predicted octanol–water partition coefficient (Wildman–Crippen LogP) is 0.567. The van der Waals surface area contributed by atoms with E-state index in [0.29, 0.717) is 25.9 Å². The van der Waals surface area contributed by atoms with Crippen molar-refractivity contribution in [2.45, 2.75) is 50.6 Å². The highest BCUT2D eigenvalue weighted by molar-refractivity contribution is 7.89. The second-order valence-electron chi connectivity index (χ2n) is 5.97. The molecule has 2 heterocycles. The highest BCUT2D eigenvalue weighted by atomic mass is 32.2. The SMILES string of the molecule is CC1CN(S(=O)(=O)C2CCNCC2)CC(C)(C)O1. The van der Waals surface area contributed by atoms with Gasteiger partial charge in [-0.2, -0.15) is 4.31 Å². The molecule has 2 fully saturated rings. The molecule has 0 aromatic carbocycles. The van der Waals surface area contributed by atoms with Crippen molar-refractivity contribution in [3.05, 3.63) is 0 Å². The summed E-state index contributed by atoms with van der Waals surface area (Å²) in [5.41, 5.74) is -0.391. The molecule has 106 valence electrons. The van der Waals surface area contributed by atoms with Gasteiger partial charge in [0.05, 0.1) is 17.0 Å². The zero-order valence-corrected chi connectivity index (χ0v) is 12.3. The summed E-state index contributed by atoms with van der Waals surface area (Å²) >= 11 is 0. The van der Waals surface area contributed by atoms with Crippen LogP contribution in [0.15, 0.2) is 0 Å². The average Bonchev–Trinajstić information content (AvgIpc) is 2.27. The van der Waals surface area contributed by atoms with Crippen LogP contribution in [0.5, 0.6) is 0 Å². The summed E-state index contributed by atoms with van der Waals surface area (Å²) in [6.07, 6.45) is 1.40. The number of nitrogens with zero attached hydrogens (tertiary/aromatic N) is 1. The van der Waals surface area contributed by atoms with E-state index in [1.165, 1.54) is 0 Å². The van der Waals surface area contributed by atoms with Gasteiger partial charge in [0.2, 0.25) is 10.0 Å². The van der Waals surface area contributed by atoms with Crippen LogP contribution in [0.3, 0.4) is 0 Å². The third-order valence-electron chi connectivity index (χ3n) is 3.61. The summed E-state index contributed by atoms with van der Waals surface area (Å²) in [5, 5.41) is 2.98. The zero-order chi connectivity index (χ0) is 13.4. The molecule has 0 saturated carbocycles. The van der Waals surface area contributed by atoms with Crippen LogP contribution in [0.25, 0.3) is 0 Å². The minimum absolute atomic E-state index is 0.0368. The lowest BCUT2D eigenvalue weighted by Gasteiger charge is -2.42. The third-order valence-corrected chi connectivity index (χ3v) is 5.92. The van der Waals surface area contributed by atoms with Gasteiger partial charge >= 0.3 is 0 Å². The van der Waals surface area contributed by atoms with Crippen LogP contribution in [-0.4, -0.2) is 55.9 Å². The van der Waals surface area contributed by atoms with E-state index in [1.54, 1.807) is 4.31 Å². The van der Waals surface area contributed by atoms with E-state index in [2.05, 4.69) is 5.32 Å². The molecule has 2 aliphatic heterocycles. The molecule has 6 heteroatoms. The van der Waals surface area contributed by atoms with E-state index in [1.807, 2.05) is 20.8 Å². The molecule has 2 aliphatic rings. The fourth-order valence-electron chi connectivity index (χ4n) is 2.89. The number of piperidine rings is 1. The number of ether oxygens (including phenoxy) is 1. The van der Waals surface area contributed by atoms with Gasteiger partial charge in [0, 0.05) is 13.1 Å². The minimum atomic E-state index is -3.18. The normalized spacial score (nSPS) is 31.4. The molecule has 0 aromatic heterocycles. The molecule has 0 bridgehead atoms. The van der Waals surface area contributed by atoms with Crippen LogP contribution in [0.1, 0.15) is 33.6 Å². The molecule has 1 atom stereocenters. The number of morpholine rings is 1. The number of sulfonamides is 1. The van der Waals surface area contributed by atoms with Crippen molar-refractivity contribution in [1.82, 2.24) is 9.62 Å². The largest absolute Gasteiger partial charge is 0.370 e. The first-order chi connectivity index (χ1) is 8.31. The van der Waals surface area contributed by atoms with Crippen molar-refractivity contribution in [1.29, 1.82) is 0 Å². The molecule has 2 rings (SSSR count). The predicted molar refractivity (Wildman–Crippen MR) is 71.0 cm³/mol. The van der Waals surface area contributed by atoms with Crippen molar-refractivity contribution < 1.29 is 13.2 Å². The van der Waals surface area contributed by atoms with E-state index in [-0.39, 0.29) is 11.4 Å². The maximum Gasteiger partial charge on any atom is 0.217 e. The maximum atomic E-state index is 12.6. The van der Waals surface area contributed by atoms with E-state index >= 15 is 0 Å². The Balaban J connectivity index is 2.13. The Morgan fingerprint density at radius 1 is 1.28 bits per heavy atom. The molecule has 0 spiro atoms. The average molecular weight is 276 g/mol. The number of hydrogen-bond acceptors (Lipinski definition) is 4. The Hall–Kier alpha value is -0.170. The number of nitrogens with one attached hydrogen (secondary N) is 1. The standard InChI is InChI=1S/C12H24N2O3S/c1-10-8-14(9-12(2,3)17-10)18(15,16)11-4-6-13-7-5-11/h10-11,13H,4-9H2,1-3H3. The lowest BCUT2D eigenvalue weighted by atomic mass is 10.1. The smallest absolute Gasteiger partial charge is 0.217 e. The minimum Gasteiger partial charge on any atom is -0.370 e. The molecule has 18 heavy (non-hydrogen) atoms. The van der Waals surface area contributed by atoms with E-state index in [0.717, 1.165) is 13.1 Å². The van der Waals surface area contributed by atoms with Crippen LogP contribution in [-0.2, 0) is 14.8 Å². The summed E-state index contributed by atoms with van der Waals surface area (Å²) < 4.78 is 32.6. The van der Waals surface area contributed by atoms with Crippen LogP contribution < -0.4 is 5.32 Å². The van der Waals surface area contributed by atoms with E-state index in [4.69, 9.17) is 4.74 Å². The third kappa shape index (κ3) is 3.04. The van der Waals surface area contributed by atoms with Crippen LogP contribution in [0.4, 0.5) is 0 Å². The summed E-state index contributed by atoms with van der Waals surface area (Å²) in [6.45, 7) is 8.38. The van der Waals surface area contributed by atoms with Crippen molar-refractivity contribution in [2.24, 2.45) is 0 Å². The first-order valence-corrected chi connectivity index (χ1v) is 8.19. The van der Waals surface area contributed by atoms with Gasteiger partial charge in [0.1, 0.15) is 0 Å². The second kappa shape index (κ2) is 5.07. The summed E-state index contributed by atoms with van der Waals surface area (Å²) in [5.74, 6) is 0. The monoisotopic (exact) mass is 276 g/mol. The van der Waals surface area contributed by atoms with Crippen LogP contribution >= 0.6 is 0 Å². The molecule has 5 nitrogen and oxygen atoms in total. The quantitative estimate of drug-likeness (QED) is 0.801. The molecule has 0 radical (unpaired) electrons. The molecule has 0 amide bonds. The van der Waals surface area contributed by atoms with E-state index < -0.39 is 15.6 Å².